The van der Waals surface area contributed by atoms with Crippen LogP contribution < -0.4 is 14.8 Å². The summed E-state index contributed by atoms with van der Waals surface area (Å²) < 4.78 is 10.8. The maximum Gasteiger partial charge on any atom is 0.266 e. The lowest BCUT2D eigenvalue weighted by molar-refractivity contribution is -0.112. The van der Waals surface area contributed by atoms with E-state index in [0.717, 1.165) is 5.56 Å². The third kappa shape index (κ3) is 6.02. The molecule has 0 radical (unpaired) electrons. The second-order valence-electron chi connectivity index (χ2n) is 6.42. The van der Waals surface area contributed by atoms with Crippen LogP contribution in [0.2, 0.25) is 10.0 Å². The Hall–Kier alpha value is -3.46. The first-order chi connectivity index (χ1) is 15.0. The number of halogens is 2. The van der Waals surface area contributed by atoms with Gasteiger partial charge in [-0.25, -0.2) is 0 Å². The predicted molar refractivity (Wildman–Crippen MR) is 122 cm³/mol. The molecule has 3 rings (SSSR count). The van der Waals surface area contributed by atoms with Crippen molar-refractivity contribution in [1.82, 2.24) is 0 Å². The number of carbonyl (C=O) groups is 1. The van der Waals surface area contributed by atoms with Crippen molar-refractivity contribution in [2.75, 3.05) is 12.4 Å². The van der Waals surface area contributed by atoms with Crippen molar-refractivity contribution in [2.24, 2.45) is 0 Å². The van der Waals surface area contributed by atoms with Crippen molar-refractivity contribution in [3.63, 3.8) is 0 Å². The molecule has 1 N–H and O–H groups in total. The van der Waals surface area contributed by atoms with Crippen molar-refractivity contribution in [3.05, 3.63) is 93.5 Å². The normalized spacial score (nSPS) is 10.8. The first-order valence-electron chi connectivity index (χ1n) is 9.23. The molecule has 0 fully saturated rings. The standard InChI is InChI=1S/C24H18Cl2N2O3/c1-30-23-11-6-16(13-22(23)26)12-18(14-27)24(29)28-19-7-9-20(10-8-19)31-15-17-4-2-3-5-21(17)25/h2-13H,15H2,1H3,(H,28,29)/b18-12+. The fraction of sp³-hybridized carbons (Fsp3) is 0.0833. The molecule has 1 amide bonds. The molecule has 156 valence electrons. The molecule has 0 spiro atoms. The van der Waals surface area contributed by atoms with Crippen LogP contribution in [0.15, 0.2) is 72.3 Å². The van der Waals surface area contributed by atoms with Crippen LogP contribution in [-0.4, -0.2) is 13.0 Å². The Morgan fingerprint density at radius 2 is 1.81 bits per heavy atom. The van der Waals surface area contributed by atoms with Gasteiger partial charge in [0.1, 0.15) is 29.7 Å². The minimum atomic E-state index is -0.529. The number of nitriles is 1. The molecule has 0 unspecified atom stereocenters. The molecule has 0 bridgehead atoms. The largest absolute Gasteiger partial charge is 0.495 e. The zero-order valence-electron chi connectivity index (χ0n) is 16.6. The molecule has 0 aliphatic carbocycles. The minimum absolute atomic E-state index is 0.0553. The highest BCUT2D eigenvalue weighted by Gasteiger charge is 2.11. The maximum absolute atomic E-state index is 12.5. The average molecular weight is 453 g/mol. The number of hydrogen-bond donors (Lipinski definition) is 1. The fourth-order valence-corrected chi connectivity index (χ4v) is 3.15. The SMILES string of the molecule is COc1ccc(/C=C(\C#N)C(=O)Nc2ccc(OCc3ccccc3Cl)cc2)cc1Cl. The molecular formula is C24H18Cl2N2O3. The highest BCUT2D eigenvalue weighted by atomic mass is 35.5. The summed E-state index contributed by atoms with van der Waals surface area (Å²) in [4.78, 5) is 12.5. The second-order valence-corrected chi connectivity index (χ2v) is 7.24. The number of carbonyl (C=O) groups excluding carboxylic acids is 1. The molecule has 0 aliphatic rings. The van der Waals surface area contributed by atoms with Gasteiger partial charge in [-0.3, -0.25) is 4.79 Å². The third-order valence-corrected chi connectivity index (χ3v) is 4.98. The van der Waals surface area contributed by atoms with E-state index in [4.69, 9.17) is 32.7 Å². The van der Waals surface area contributed by atoms with E-state index in [0.29, 0.717) is 39.4 Å². The Morgan fingerprint density at radius 3 is 2.45 bits per heavy atom. The van der Waals surface area contributed by atoms with Gasteiger partial charge >= 0.3 is 0 Å². The summed E-state index contributed by atoms with van der Waals surface area (Å²) in [6.45, 7) is 0.330. The van der Waals surface area contributed by atoms with E-state index >= 15 is 0 Å². The second kappa shape index (κ2) is 10.5. The van der Waals surface area contributed by atoms with Gasteiger partial charge in [0.05, 0.1) is 12.1 Å². The lowest BCUT2D eigenvalue weighted by Gasteiger charge is -2.09. The smallest absolute Gasteiger partial charge is 0.266 e. The Kier molecular flexibility index (Phi) is 7.55. The van der Waals surface area contributed by atoms with Gasteiger partial charge in [-0.15, -0.1) is 0 Å². The summed E-state index contributed by atoms with van der Waals surface area (Å²) >= 11 is 12.2. The maximum atomic E-state index is 12.5. The monoisotopic (exact) mass is 452 g/mol. The number of anilines is 1. The van der Waals surface area contributed by atoms with E-state index in [1.807, 2.05) is 24.3 Å². The summed E-state index contributed by atoms with van der Waals surface area (Å²) in [7, 11) is 1.51. The Bertz CT molecular complexity index is 1150. The first-order valence-corrected chi connectivity index (χ1v) is 9.98. The summed E-state index contributed by atoms with van der Waals surface area (Å²) in [6, 6.07) is 21.2. The van der Waals surface area contributed by atoms with Crippen LogP contribution in [0.3, 0.4) is 0 Å². The van der Waals surface area contributed by atoms with Crippen LogP contribution in [0.4, 0.5) is 5.69 Å². The van der Waals surface area contributed by atoms with Crippen molar-refractivity contribution in [1.29, 1.82) is 5.26 Å². The Balaban J connectivity index is 1.64. The van der Waals surface area contributed by atoms with E-state index in [1.165, 1.54) is 13.2 Å². The van der Waals surface area contributed by atoms with Crippen molar-refractivity contribution in [3.8, 4) is 17.6 Å². The predicted octanol–water partition coefficient (Wildman–Crippen LogP) is 6.13. The van der Waals surface area contributed by atoms with Crippen molar-refractivity contribution in [2.45, 2.75) is 6.61 Å². The molecule has 7 heteroatoms. The molecule has 0 aromatic heterocycles. The van der Waals surface area contributed by atoms with E-state index in [1.54, 1.807) is 48.5 Å². The van der Waals surface area contributed by atoms with Gasteiger partial charge in [0.15, 0.2) is 0 Å². The lowest BCUT2D eigenvalue weighted by Crippen LogP contribution is -2.13. The molecule has 3 aromatic rings. The number of benzene rings is 3. The molecule has 0 atom stereocenters. The van der Waals surface area contributed by atoms with Gasteiger partial charge in [0.25, 0.3) is 5.91 Å². The lowest BCUT2D eigenvalue weighted by atomic mass is 10.1. The van der Waals surface area contributed by atoms with Crippen molar-refractivity contribution >= 4 is 40.9 Å². The average Bonchev–Trinajstić information content (AvgIpc) is 2.78. The number of nitrogens with zero attached hydrogens (tertiary/aromatic N) is 1. The zero-order chi connectivity index (χ0) is 22.2. The highest BCUT2D eigenvalue weighted by molar-refractivity contribution is 6.32. The number of ether oxygens (including phenoxy) is 2. The quantitative estimate of drug-likeness (QED) is 0.345. The molecule has 0 aliphatic heterocycles. The molecular weight excluding hydrogens is 435 g/mol. The van der Waals surface area contributed by atoms with Crippen molar-refractivity contribution < 1.29 is 14.3 Å². The Morgan fingerprint density at radius 1 is 1.06 bits per heavy atom. The van der Waals surface area contributed by atoms with Crippen LogP contribution in [0.5, 0.6) is 11.5 Å². The van der Waals surface area contributed by atoms with Gasteiger partial charge in [-0.05, 0) is 54.1 Å². The van der Waals surface area contributed by atoms with Crippen LogP contribution in [0, 0.1) is 11.3 Å². The fourth-order valence-electron chi connectivity index (χ4n) is 2.70. The van der Waals surface area contributed by atoms with Gasteiger partial charge in [0.2, 0.25) is 0 Å². The van der Waals surface area contributed by atoms with E-state index in [9.17, 15) is 10.1 Å². The third-order valence-electron chi connectivity index (χ3n) is 4.32. The number of amides is 1. The number of rotatable bonds is 7. The number of hydrogen-bond acceptors (Lipinski definition) is 4. The van der Waals surface area contributed by atoms with Gasteiger partial charge in [-0.2, -0.15) is 5.26 Å². The van der Waals surface area contributed by atoms with Gasteiger partial charge < -0.3 is 14.8 Å². The highest BCUT2D eigenvalue weighted by Crippen LogP contribution is 2.26. The summed E-state index contributed by atoms with van der Waals surface area (Å²) in [6.07, 6.45) is 1.46. The van der Waals surface area contributed by atoms with E-state index < -0.39 is 5.91 Å². The first kappa shape index (κ1) is 22.2. The summed E-state index contributed by atoms with van der Waals surface area (Å²) in [5.41, 5.74) is 1.97. The molecule has 5 nitrogen and oxygen atoms in total. The molecule has 31 heavy (non-hydrogen) atoms. The molecule has 0 saturated heterocycles. The van der Waals surface area contributed by atoms with Crippen LogP contribution in [0.1, 0.15) is 11.1 Å². The van der Waals surface area contributed by atoms with Crippen LogP contribution >= 0.6 is 23.2 Å². The summed E-state index contributed by atoms with van der Waals surface area (Å²) in [5, 5.41) is 13.1. The topological polar surface area (TPSA) is 71.3 Å². The molecule has 3 aromatic carbocycles. The molecule has 0 saturated carbocycles. The zero-order valence-corrected chi connectivity index (χ0v) is 18.1. The van der Waals surface area contributed by atoms with Gasteiger partial charge in [-0.1, -0.05) is 47.5 Å². The van der Waals surface area contributed by atoms with E-state index in [2.05, 4.69) is 5.32 Å². The number of nitrogens with one attached hydrogen (secondary N) is 1. The van der Waals surface area contributed by atoms with Gasteiger partial charge in [0, 0.05) is 16.3 Å². The minimum Gasteiger partial charge on any atom is -0.495 e. The molecule has 0 heterocycles. The Labute approximate surface area is 190 Å². The van der Waals surface area contributed by atoms with Crippen LogP contribution in [0.25, 0.3) is 6.08 Å². The van der Waals surface area contributed by atoms with E-state index in [-0.39, 0.29) is 5.57 Å². The number of methoxy groups -OCH3 is 1. The van der Waals surface area contributed by atoms with Crippen LogP contribution in [-0.2, 0) is 11.4 Å². The summed E-state index contributed by atoms with van der Waals surface area (Å²) in [5.74, 6) is 0.611.